The van der Waals surface area contributed by atoms with E-state index in [9.17, 15) is 19.5 Å². The number of benzene rings is 2. The first-order valence-electron chi connectivity index (χ1n) is 12.9. The van der Waals surface area contributed by atoms with E-state index < -0.39 is 23.9 Å². The second-order valence-electron chi connectivity index (χ2n) is 8.86. The first kappa shape index (κ1) is 29.5. The zero-order valence-electron chi connectivity index (χ0n) is 21.4. The van der Waals surface area contributed by atoms with Crippen LogP contribution in [-0.2, 0) is 9.59 Å². The van der Waals surface area contributed by atoms with E-state index in [1.54, 1.807) is 12.1 Å². The fraction of sp³-hybridized carbons (Fsp3) is 0.464. The van der Waals surface area contributed by atoms with Crippen LogP contribution < -0.4 is 10.1 Å². The molecule has 0 aliphatic rings. The molecule has 0 radical (unpaired) electrons. The topological polar surface area (TPSA) is 138 Å². The summed E-state index contributed by atoms with van der Waals surface area (Å²) >= 11 is 0. The molecule has 200 valence electrons. The molecule has 0 saturated heterocycles. The molecule has 0 aliphatic carbocycles. The number of azo groups is 1. The Bertz CT molecular complexity index is 1010. The maximum atomic E-state index is 12.3. The van der Waals surface area contributed by atoms with Crippen LogP contribution in [0, 0.1) is 0 Å². The van der Waals surface area contributed by atoms with Gasteiger partial charge in [0.15, 0.2) is 0 Å². The van der Waals surface area contributed by atoms with Crippen LogP contribution >= 0.6 is 0 Å². The number of rotatable bonds is 18. The lowest BCUT2D eigenvalue weighted by Gasteiger charge is -2.13. The predicted octanol–water partition coefficient (Wildman–Crippen LogP) is 6.67. The third-order valence-corrected chi connectivity index (χ3v) is 5.76. The second-order valence-corrected chi connectivity index (χ2v) is 8.86. The van der Waals surface area contributed by atoms with Crippen LogP contribution in [0.2, 0.25) is 0 Å². The lowest BCUT2D eigenvalue weighted by Crippen LogP contribution is -2.41. The van der Waals surface area contributed by atoms with Gasteiger partial charge < -0.3 is 20.3 Å². The van der Waals surface area contributed by atoms with Crippen molar-refractivity contribution in [1.29, 1.82) is 0 Å². The first-order chi connectivity index (χ1) is 17.9. The molecular weight excluding hydrogens is 474 g/mol. The zero-order valence-corrected chi connectivity index (χ0v) is 21.4. The largest absolute Gasteiger partial charge is 0.494 e. The summed E-state index contributed by atoms with van der Waals surface area (Å²) in [5.41, 5.74) is 1.41. The number of ether oxygens (including phenoxy) is 1. The van der Waals surface area contributed by atoms with Gasteiger partial charge in [-0.25, -0.2) is 4.79 Å². The van der Waals surface area contributed by atoms with Crippen molar-refractivity contribution in [2.75, 3.05) is 6.61 Å². The Hall–Kier alpha value is -3.75. The van der Waals surface area contributed by atoms with Gasteiger partial charge in [-0.05, 0) is 61.4 Å². The van der Waals surface area contributed by atoms with Crippen LogP contribution in [0.4, 0.5) is 11.4 Å². The third-order valence-electron chi connectivity index (χ3n) is 5.76. The summed E-state index contributed by atoms with van der Waals surface area (Å²) in [5, 5.41) is 28.6. The molecule has 1 amide bonds. The van der Waals surface area contributed by atoms with E-state index in [0.717, 1.165) is 12.2 Å². The number of aliphatic carboxylic acids is 2. The lowest BCUT2D eigenvalue weighted by atomic mass is 10.1. The smallest absolute Gasteiger partial charge is 0.326 e. The maximum Gasteiger partial charge on any atom is 0.326 e. The summed E-state index contributed by atoms with van der Waals surface area (Å²) in [7, 11) is 0. The van der Waals surface area contributed by atoms with Gasteiger partial charge in [0.25, 0.3) is 5.91 Å². The lowest BCUT2D eigenvalue weighted by molar-refractivity contribution is -0.140. The Balaban J connectivity index is 1.76. The van der Waals surface area contributed by atoms with Crippen LogP contribution in [-0.4, -0.2) is 40.7 Å². The van der Waals surface area contributed by atoms with E-state index in [1.165, 1.54) is 57.1 Å². The quantitative estimate of drug-likeness (QED) is 0.151. The van der Waals surface area contributed by atoms with Gasteiger partial charge >= 0.3 is 11.9 Å². The van der Waals surface area contributed by atoms with E-state index in [1.807, 2.05) is 24.3 Å². The molecule has 0 heterocycles. The van der Waals surface area contributed by atoms with Crippen LogP contribution in [0.1, 0.15) is 81.5 Å². The van der Waals surface area contributed by atoms with Crippen molar-refractivity contribution in [1.82, 2.24) is 5.32 Å². The van der Waals surface area contributed by atoms with Crippen LogP contribution in [0.15, 0.2) is 58.8 Å². The van der Waals surface area contributed by atoms with Gasteiger partial charge in [-0.3, -0.25) is 9.59 Å². The van der Waals surface area contributed by atoms with E-state index in [2.05, 4.69) is 22.5 Å². The number of nitrogens with zero attached hydrogens (tertiary/aromatic N) is 2. The summed E-state index contributed by atoms with van der Waals surface area (Å²) in [5.74, 6) is -2.23. The second kappa shape index (κ2) is 16.8. The summed E-state index contributed by atoms with van der Waals surface area (Å²) in [6, 6.07) is 12.2. The molecule has 0 spiro atoms. The SMILES string of the molecule is CCCCCCCCCCOc1ccc(N=Nc2ccc(C(=O)N[C@@H](CCC(=O)O)C(=O)O)cc2)cc1. The third kappa shape index (κ3) is 12.2. The van der Waals surface area contributed by atoms with E-state index in [0.29, 0.717) is 18.0 Å². The minimum atomic E-state index is -1.29. The maximum absolute atomic E-state index is 12.3. The Kier molecular flexibility index (Phi) is 13.4. The van der Waals surface area contributed by atoms with Crippen LogP contribution in [0.3, 0.4) is 0 Å². The summed E-state index contributed by atoms with van der Waals surface area (Å²) < 4.78 is 5.80. The highest BCUT2D eigenvalue weighted by Gasteiger charge is 2.21. The van der Waals surface area contributed by atoms with E-state index in [-0.39, 0.29) is 18.4 Å². The fourth-order valence-corrected chi connectivity index (χ4v) is 3.60. The Morgan fingerprint density at radius 1 is 0.811 bits per heavy atom. The Labute approximate surface area is 218 Å². The minimum absolute atomic E-state index is 0.203. The van der Waals surface area contributed by atoms with Gasteiger partial charge in [0.2, 0.25) is 0 Å². The summed E-state index contributed by atoms with van der Waals surface area (Å²) in [4.78, 5) is 34.2. The Morgan fingerprint density at radius 2 is 1.35 bits per heavy atom. The van der Waals surface area contributed by atoms with Gasteiger partial charge in [-0.15, -0.1) is 0 Å². The number of nitrogens with one attached hydrogen (secondary N) is 1. The number of hydrogen-bond donors (Lipinski definition) is 3. The van der Waals surface area contributed by atoms with Crippen LogP contribution in [0.25, 0.3) is 0 Å². The number of unbranched alkanes of at least 4 members (excludes halogenated alkanes) is 7. The number of carbonyl (C=O) groups is 3. The number of carbonyl (C=O) groups excluding carboxylic acids is 1. The van der Waals surface area contributed by atoms with Crippen molar-refractivity contribution in [3.8, 4) is 5.75 Å². The van der Waals surface area contributed by atoms with Crippen molar-refractivity contribution in [3.63, 3.8) is 0 Å². The van der Waals surface area contributed by atoms with Gasteiger partial charge in [-0.2, -0.15) is 10.2 Å². The standard InChI is InChI=1S/C28H37N3O6/c1-2-3-4-5-6-7-8-9-20-37-24-16-14-23(15-17-24)31-30-22-12-10-21(11-13-22)27(34)29-25(28(35)36)18-19-26(32)33/h10-17,25H,2-9,18-20H2,1H3,(H,29,34)(H,32,33)(H,35,36)/t25-/m0/s1. The highest BCUT2D eigenvalue weighted by Crippen LogP contribution is 2.22. The molecule has 2 aromatic rings. The molecule has 0 unspecified atom stereocenters. The van der Waals surface area contributed by atoms with Crippen molar-refractivity contribution in [2.24, 2.45) is 10.2 Å². The molecule has 1 atom stereocenters. The highest BCUT2D eigenvalue weighted by atomic mass is 16.5. The average molecular weight is 512 g/mol. The molecule has 3 N–H and O–H groups in total. The molecule has 9 nitrogen and oxygen atoms in total. The van der Waals surface area contributed by atoms with Crippen molar-refractivity contribution >= 4 is 29.2 Å². The predicted molar refractivity (Wildman–Crippen MR) is 141 cm³/mol. The summed E-state index contributed by atoms with van der Waals surface area (Å²) in [6.45, 7) is 2.93. The zero-order chi connectivity index (χ0) is 26.9. The van der Waals surface area contributed by atoms with Crippen molar-refractivity contribution in [2.45, 2.75) is 77.2 Å². The van der Waals surface area contributed by atoms with Gasteiger partial charge in [0.1, 0.15) is 11.8 Å². The monoisotopic (exact) mass is 511 g/mol. The van der Waals surface area contributed by atoms with Gasteiger partial charge in [0.05, 0.1) is 18.0 Å². The average Bonchev–Trinajstić information content (AvgIpc) is 2.89. The number of amides is 1. The number of carboxylic acid groups (broad SMARTS) is 2. The molecule has 2 rings (SSSR count). The minimum Gasteiger partial charge on any atom is -0.494 e. The molecule has 0 aromatic heterocycles. The molecular formula is C28H37N3O6. The molecule has 0 saturated carbocycles. The molecule has 9 heteroatoms. The van der Waals surface area contributed by atoms with Crippen molar-refractivity contribution < 1.29 is 29.3 Å². The molecule has 0 bridgehead atoms. The van der Waals surface area contributed by atoms with E-state index in [4.69, 9.17) is 9.84 Å². The van der Waals surface area contributed by atoms with Crippen LogP contribution in [0.5, 0.6) is 5.75 Å². The fourth-order valence-electron chi connectivity index (χ4n) is 3.60. The summed E-state index contributed by atoms with van der Waals surface area (Å²) in [6.07, 6.45) is 9.50. The Morgan fingerprint density at radius 3 is 1.89 bits per heavy atom. The molecule has 0 fully saturated rings. The van der Waals surface area contributed by atoms with E-state index >= 15 is 0 Å². The van der Waals surface area contributed by atoms with Gasteiger partial charge in [-0.1, -0.05) is 51.9 Å². The highest BCUT2D eigenvalue weighted by molar-refractivity contribution is 5.96. The van der Waals surface area contributed by atoms with Crippen molar-refractivity contribution in [3.05, 3.63) is 54.1 Å². The number of carboxylic acids is 2. The number of hydrogen-bond acceptors (Lipinski definition) is 6. The molecule has 0 aliphatic heterocycles. The molecule has 2 aromatic carbocycles. The molecule has 37 heavy (non-hydrogen) atoms. The first-order valence-corrected chi connectivity index (χ1v) is 12.9. The normalized spacial score (nSPS) is 11.8. The van der Waals surface area contributed by atoms with Gasteiger partial charge in [0, 0.05) is 12.0 Å².